The molecule has 2 heteroatoms. The van der Waals surface area contributed by atoms with Gasteiger partial charge in [-0.05, 0) is 41.8 Å². The minimum atomic E-state index is 0.0970. The summed E-state index contributed by atoms with van der Waals surface area (Å²) in [5.41, 5.74) is 9.29. The van der Waals surface area contributed by atoms with E-state index < -0.39 is 0 Å². The smallest absolute Gasteiger partial charge is 0.114 e. The number of benzene rings is 4. The molecule has 0 aliphatic carbocycles. The van der Waals surface area contributed by atoms with E-state index in [2.05, 4.69) is 134 Å². The third-order valence-corrected chi connectivity index (χ3v) is 8.14. The molecule has 3 atom stereocenters. The molecule has 0 radical (unpaired) electrons. The fourth-order valence-electron chi connectivity index (χ4n) is 6.06. The molecule has 2 nitrogen and oxygen atoms in total. The minimum absolute atomic E-state index is 0.0970. The second kappa shape index (κ2) is 7.52. The number of fused-ring (bicyclic) bond motifs is 5. The molecule has 33 heavy (non-hydrogen) atoms. The zero-order valence-electron chi connectivity index (χ0n) is 19.6. The lowest BCUT2D eigenvalue weighted by Gasteiger charge is -2.51. The molecule has 0 spiro atoms. The van der Waals surface area contributed by atoms with E-state index in [1.54, 1.807) is 0 Å². The third kappa shape index (κ3) is 2.80. The van der Waals surface area contributed by atoms with Crippen molar-refractivity contribution in [1.29, 1.82) is 0 Å². The van der Waals surface area contributed by atoms with Crippen molar-refractivity contribution < 1.29 is 0 Å². The van der Waals surface area contributed by atoms with Crippen LogP contribution in [0.5, 0.6) is 0 Å². The molecule has 4 aromatic rings. The quantitative estimate of drug-likeness (QED) is 0.322. The zero-order chi connectivity index (χ0) is 22.6. The van der Waals surface area contributed by atoms with Gasteiger partial charge < -0.3 is 9.80 Å². The summed E-state index contributed by atoms with van der Waals surface area (Å²) < 4.78 is 0. The predicted molar refractivity (Wildman–Crippen MR) is 140 cm³/mol. The van der Waals surface area contributed by atoms with E-state index in [0.717, 1.165) is 6.42 Å². The van der Waals surface area contributed by atoms with Gasteiger partial charge in [-0.3, -0.25) is 0 Å². The summed E-state index contributed by atoms with van der Waals surface area (Å²) in [5, 5.41) is 0. The van der Waals surface area contributed by atoms with Crippen molar-refractivity contribution in [3.63, 3.8) is 0 Å². The van der Waals surface area contributed by atoms with Crippen LogP contribution in [0.25, 0.3) is 11.1 Å². The van der Waals surface area contributed by atoms with Crippen molar-refractivity contribution in [3.05, 3.63) is 109 Å². The number of para-hydroxylation sites is 4. The molecule has 2 aliphatic rings. The molecular formula is C31H30N2. The van der Waals surface area contributed by atoms with Gasteiger partial charge in [-0.25, -0.2) is 0 Å². The van der Waals surface area contributed by atoms with Crippen molar-refractivity contribution in [1.82, 2.24) is 0 Å². The maximum absolute atomic E-state index is 2.60. The van der Waals surface area contributed by atoms with E-state index in [-0.39, 0.29) is 11.6 Å². The molecule has 0 bridgehead atoms. The van der Waals surface area contributed by atoms with Gasteiger partial charge in [0.1, 0.15) is 6.17 Å². The third-order valence-electron chi connectivity index (χ3n) is 8.14. The number of hydrogen-bond donors (Lipinski definition) is 0. The Labute approximate surface area is 197 Å². The molecule has 0 saturated carbocycles. The van der Waals surface area contributed by atoms with Crippen molar-refractivity contribution in [2.75, 3.05) is 9.80 Å². The van der Waals surface area contributed by atoms with Crippen LogP contribution in [0.4, 0.5) is 22.7 Å². The highest BCUT2D eigenvalue weighted by Gasteiger charge is 2.52. The molecular weight excluding hydrogens is 400 g/mol. The van der Waals surface area contributed by atoms with E-state index in [4.69, 9.17) is 0 Å². The molecule has 6 rings (SSSR count). The van der Waals surface area contributed by atoms with E-state index in [1.165, 1.54) is 39.4 Å². The maximum atomic E-state index is 2.60. The SMILES string of the molecule is CCC1(C)c2ccccc2N2c3ccccc3N(c3ccccc3-c3ccccc3)C2C1C. The Morgan fingerprint density at radius 2 is 1.15 bits per heavy atom. The lowest BCUT2D eigenvalue weighted by Crippen LogP contribution is -2.54. The number of anilines is 4. The van der Waals surface area contributed by atoms with Gasteiger partial charge in [-0.1, -0.05) is 99.6 Å². The summed E-state index contributed by atoms with van der Waals surface area (Å²) in [7, 11) is 0. The molecule has 4 aromatic carbocycles. The summed E-state index contributed by atoms with van der Waals surface area (Å²) >= 11 is 0. The van der Waals surface area contributed by atoms with E-state index in [9.17, 15) is 0 Å². The van der Waals surface area contributed by atoms with Gasteiger partial charge in [0.15, 0.2) is 0 Å². The van der Waals surface area contributed by atoms with Crippen LogP contribution in [-0.2, 0) is 5.41 Å². The second-order valence-corrected chi connectivity index (χ2v) is 9.60. The number of hydrogen-bond acceptors (Lipinski definition) is 2. The Hall–Kier alpha value is -3.52. The van der Waals surface area contributed by atoms with Crippen molar-refractivity contribution in [2.45, 2.75) is 38.8 Å². The van der Waals surface area contributed by atoms with E-state index in [1.807, 2.05) is 0 Å². The summed E-state index contributed by atoms with van der Waals surface area (Å²) in [6, 6.07) is 37.6. The van der Waals surface area contributed by atoms with Crippen LogP contribution in [-0.4, -0.2) is 6.17 Å². The Morgan fingerprint density at radius 3 is 1.82 bits per heavy atom. The number of nitrogens with zero attached hydrogens (tertiary/aromatic N) is 2. The molecule has 3 unspecified atom stereocenters. The van der Waals surface area contributed by atoms with Crippen LogP contribution in [0.1, 0.15) is 32.8 Å². The first-order valence-electron chi connectivity index (χ1n) is 12.1. The van der Waals surface area contributed by atoms with Crippen LogP contribution in [0, 0.1) is 5.92 Å². The lowest BCUT2D eigenvalue weighted by atomic mass is 9.66. The Morgan fingerprint density at radius 1 is 0.636 bits per heavy atom. The fourth-order valence-corrected chi connectivity index (χ4v) is 6.06. The van der Waals surface area contributed by atoms with Gasteiger partial charge in [0, 0.05) is 22.6 Å². The van der Waals surface area contributed by atoms with Gasteiger partial charge in [-0.15, -0.1) is 0 Å². The second-order valence-electron chi connectivity index (χ2n) is 9.60. The highest BCUT2D eigenvalue weighted by Crippen LogP contribution is 2.59. The lowest BCUT2D eigenvalue weighted by molar-refractivity contribution is 0.249. The molecule has 0 amide bonds. The first-order chi connectivity index (χ1) is 16.1. The van der Waals surface area contributed by atoms with Crippen LogP contribution >= 0.6 is 0 Å². The fraction of sp³-hybridized carbons (Fsp3) is 0.226. The zero-order valence-corrected chi connectivity index (χ0v) is 19.6. The molecule has 0 N–H and O–H groups in total. The van der Waals surface area contributed by atoms with Gasteiger partial charge in [0.2, 0.25) is 0 Å². The normalized spacial score (nSPS) is 23.1. The Kier molecular flexibility index (Phi) is 4.58. The van der Waals surface area contributed by atoms with Crippen molar-refractivity contribution >= 4 is 22.7 Å². The van der Waals surface area contributed by atoms with Crippen LogP contribution in [0.15, 0.2) is 103 Å². The van der Waals surface area contributed by atoms with Crippen LogP contribution in [0.2, 0.25) is 0 Å². The topological polar surface area (TPSA) is 6.48 Å². The van der Waals surface area contributed by atoms with Crippen molar-refractivity contribution in [3.8, 4) is 11.1 Å². The summed E-state index contributed by atoms with van der Waals surface area (Å²) in [6.45, 7) is 7.24. The van der Waals surface area contributed by atoms with Gasteiger partial charge in [0.25, 0.3) is 0 Å². The average Bonchev–Trinajstić information content (AvgIpc) is 3.23. The monoisotopic (exact) mass is 430 g/mol. The largest absolute Gasteiger partial charge is 0.318 e. The summed E-state index contributed by atoms with van der Waals surface area (Å²) in [5.74, 6) is 0.425. The average molecular weight is 431 g/mol. The Balaban J connectivity index is 1.63. The van der Waals surface area contributed by atoms with Crippen molar-refractivity contribution in [2.24, 2.45) is 5.92 Å². The molecule has 2 aliphatic heterocycles. The van der Waals surface area contributed by atoms with Gasteiger partial charge in [-0.2, -0.15) is 0 Å². The minimum Gasteiger partial charge on any atom is -0.318 e. The maximum Gasteiger partial charge on any atom is 0.114 e. The Bertz CT molecular complexity index is 1310. The summed E-state index contributed by atoms with van der Waals surface area (Å²) in [6.07, 6.45) is 1.33. The molecule has 0 aromatic heterocycles. The highest BCUT2D eigenvalue weighted by molar-refractivity contribution is 5.94. The first kappa shape index (κ1) is 20.1. The molecule has 2 heterocycles. The number of rotatable bonds is 3. The highest BCUT2D eigenvalue weighted by atomic mass is 15.4. The summed E-state index contributed by atoms with van der Waals surface area (Å²) in [4.78, 5) is 5.20. The molecule has 0 saturated heterocycles. The standard InChI is InChI=1S/C31H30N2/c1-4-31(3)22(2)30-32(26-18-10-8-16-24(26)23-14-6-5-7-15-23)28-20-12-13-21-29(28)33(30)27-19-11-9-17-25(27)31/h5-22,30H,4H2,1-3H3. The first-order valence-corrected chi connectivity index (χ1v) is 12.1. The molecule has 164 valence electrons. The van der Waals surface area contributed by atoms with E-state index >= 15 is 0 Å². The van der Waals surface area contributed by atoms with Gasteiger partial charge in [0.05, 0.1) is 17.1 Å². The van der Waals surface area contributed by atoms with Crippen LogP contribution in [0.3, 0.4) is 0 Å². The van der Waals surface area contributed by atoms with Gasteiger partial charge >= 0.3 is 0 Å². The van der Waals surface area contributed by atoms with Crippen LogP contribution < -0.4 is 9.80 Å². The predicted octanol–water partition coefficient (Wildman–Crippen LogP) is 8.29. The molecule has 0 fully saturated rings. The van der Waals surface area contributed by atoms with E-state index in [0.29, 0.717) is 5.92 Å².